The van der Waals surface area contributed by atoms with Crippen LogP contribution in [0.25, 0.3) is 0 Å². The Morgan fingerprint density at radius 2 is 2.00 bits per heavy atom. The summed E-state index contributed by atoms with van der Waals surface area (Å²) in [5.41, 5.74) is -1.23. The number of aliphatic imine (C=N–C) groups is 1. The van der Waals surface area contributed by atoms with Crippen LogP contribution in [0.2, 0.25) is 0 Å². The van der Waals surface area contributed by atoms with Crippen LogP contribution in [-0.4, -0.2) is 50.6 Å². The van der Waals surface area contributed by atoms with Gasteiger partial charge < -0.3 is 20.2 Å². The third-order valence-corrected chi connectivity index (χ3v) is 5.01. The lowest BCUT2D eigenvalue weighted by molar-refractivity contribution is 0.0428. The average Bonchev–Trinajstić information content (AvgIpc) is 2.92. The van der Waals surface area contributed by atoms with Crippen LogP contribution in [0.3, 0.4) is 0 Å². The van der Waals surface area contributed by atoms with E-state index >= 15 is 0 Å². The molecule has 0 amide bonds. The molecule has 0 saturated heterocycles. The lowest BCUT2D eigenvalue weighted by atomic mass is 10.0. The topological polar surface area (TPSA) is 104 Å². The van der Waals surface area contributed by atoms with Crippen molar-refractivity contribution in [3.8, 4) is 0 Å². The molecule has 0 aliphatic heterocycles. The van der Waals surface area contributed by atoms with Crippen molar-refractivity contribution in [2.24, 2.45) is 4.99 Å². The standard InChI is InChI=1S/C15H27N3O4S.HI/c1-5-16-14(17-9-10-23(20,21)6-2)18-11-15(4,19)13-8-7-12(3)22-13;/h7-8,19H,5-6,9-11H2,1-4H3,(H2,16,17,18);1H. The van der Waals surface area contributed by atoms with Crippen LogP contribution in [0.1, 0.15) is 32.3 Å². The Morgan fingerprint density at radius 1 is 1.33 bits per heavy atom. The first-order valence-corrected chi connectivity index (χ1v) is 9.54. The van der Waals surface area contributed by atoms with Gasteiger partial charge in [0, 0.05) is 18.8 Å². The number of hydrogen-bond donors (Lipinski definition) is 3. The van der Waals surface area contributed by atoms with Crippen molar-refractivity contribution >= 4 is 39.8 Å². The van der Waals surface area contributed by atoms with E-state index in [1.54, 1.807) is 26.0 Å². The molecule has 24 heavy (non-hydrogen) atoms. The first-order chi connectivity index (χ1) is 10.7. The van der Waals surface area contributed by atoms with Gasteiger partial charge in [0.25, 0.3) is 0 Å². The van der Waals surface area contributed by atoms with Crippen molar-refractivity contribution in [3.05, 3.63) is 23.7 Å². The molecule has 0 bridgehead atoms. The second-order valence-corrected chi connectivity index (χ2v) is 8.02. The summed E-state index contributed by atoms with van der Waals surface area (Å²) < 4.78 is 28.4. The van der Waals surface area contributed by atoms with Crippen molar-refractivity contribution in [1.82, 2.24) is 10.6 Å². The summed E-state index contributed by atoms with van der Waals surface area (Å²) in [7, 11) is -3.02. The summed E-state index contributed by atoms with van der Waals surface area (Å²) in [5.74, 6) is 1.79. The molecule has 0 aliphatic rings. The molecule has 1 heterocycles. The number of aliphatic hydroxyl groups is 1. The van der Waals surface area contributed by atoms with Crippen molar-refractivity contribution in [1.29, 1.82) is 0 Å². The zero-order valence-corrected chi connectivity index (χ0v) is 17.8. The van der Waals surface area contributed by atoms with Crippen molar-refractivity contribution in [3.63, 3.8) is 0 Å². The number of furan rings is 1. The minimum atomic E-state index is -3.02. The summed E-state index contributed by atoms with van der Waals surface area (Å²) in [4.78, 5) is 4.31. The molecule has 0 aliphatic carbocycles. The minimum absolute atomic E-state index is 0. The fourth-order valence-corrected chi connectivity index (χ4v) is 2.55. The molecule has 9 heteroatoms. The van der Waals surface area contributed by atoms with Gasteiger partial charge in [0.15, 0.2) is 15.8 Å². The van der Waals surface area contributed by atoms with Crippen molar-refractivity contribution < 1.29 is 17.9 Å². The summed E-state index contributed by atoms with van der Waals surface area (Å²) in [6, 6.07) is 3.51. The number of sulfone groups is 1. The Hall–Kier alpha value is -0.810. The fraction of sp³-hybridized carbons (Fsp3) is 0.667. The summed E-state index contributed by atoms with van der Waals surface area (Å²) in [6.07, 6.45) is 0. The van der Waals surface area contributed by atoms with E-state index in [1.807, 2.05) is 13.8 Å². The first kappa shape index (κ1) is 23.2. The Bertz CT molecular complexity index is 626. The van der Waals surface area contributed by atoms with E-state index in [0.29, 0.717) is 18.3 Å². The number of hydrogen-bond acceptors (Lipinski definition) is 5. The van der Waals surface area contributed by atoms with Gasteiger partial charge in [-0.2, -0.15) is 0 Å². The maximum Gasteiger partial charge on any atom is 0.191 e. The van der Waals surface area contributed by atoms with E-state index in [1.165, 1.54) is 0 Å². The molecule has 140 valence electrons. The molecule has 1 aromatic heterocycles. The van der Waals surface area contributed by atoms with E-state index in [-0.39, 0.29) is 48.6 Å². The lowest BCUT2D eigenvalue weighted by Crippen LogP contribution is -2.41. The minimum Gasteiger partial charge on any atom is -0.463 e. The molecule has 0 spiro atoms. The molecule has 1 rings (SSSR count). The molecule has 1 atom stereocenters. The van der Waals surface area contributed by atoms with Crippen LogP contribution in [0.5, 0.6) is 0 Å². The highest BCUT2D eigenvalue weighted by atomic mass is 127. The van der Waals surface area contributed by atoms with E-state index in [2.05, 4.69) is 15.6 Å². The summed E-state index contributed by atoms with van der Waals surface area (Å²) in [6.45, 7) is 7.96. The number of rotatable bonds is 8. The average molecular weight is 473 g/mol. The van der Waals surface area contributed by atoms with Crippen LogP contribution in [-0.2, 0) is 15.4 Å². The van der Waals surface area contributed by atoms with E-state index < -0.39 is 15.4 Å². The van der Waals surface area contributed by atoms with Crippen LogP contribution in [0.15, 0.2) is 21.5 Å². The zero-order chi connectivity index (χ0) is 17.5. The van der Waals surface area contributed by atoms with Crippen LogP contribution in [0, 0.1) is 6.92 Å². The van der Waals surface area contributed by atoms with Gasteiger partial charge in [0.2, 0.25) is 0 Å². The van der Waals surface area contributed by atoms with Crippen molar-refractivity contribution in [2.45, 2.75) is 33.3 Å². The third kappa shape index (κ3) is 7.84. The third-order valence-electron chi connectivity index (χ3n) is 3.31. The first-order valence-electron chi connectivity index (χ1n) is 7.72. The van der Waals surface area contributed by atoms with E-state index in [0.717, 1.165) is 5.76 Å². The van der Waals surface area contributed by atoms with E-state index in [4.69, 9.17) is 4.42 Å². The number of nitrogens with zero attached hydrogens (tertiary/aromatic N) is 1. The second kappa shape index (κ2) is 10.2. The fourth-order valence-electron chi connectivity index (χ4n) is 1.85. The molecule has 0 radical (unpaired) electrons. The predicted molar refractivity (Wildman–Crippen MR) is 107 cm³/mol. The Morgan fingerprint density at radius 3 is 2.50 bits per heavy atom. The quantitative estimate of drug-likeness (QED) is 0.300. The van der Waals surface area contributed by atoms with E-state index in [9.17, 15) is 13.5 Å². The maximum absolute atomic E-state index is 11.5. The monoisotopic (exact) mass is 473 g/mol. The van der Waals surface area contributed by atoms with Crippen LogP contribution < -0.4 is 10.6 Å². The molecule has 0 saturated carbocycles. The lowest BCUT2D eigenvalue weighted by Gasteiger charge is -2.19. The highest BCUT2D eigenvalue weighted by Gasteiger charge is 2.26. The molecule has 3 N–H and O–H groups in total. The molecule has 1 aromatic rings. The van der Waals surface area contributed by atoms with Crippen LogP contribution >= 0.6 is 24.0 Å². The largest absolute Gasteiger partial charge is 0.463 e. The predicted octanol–water partition coefficient (Wildman–Crippen LogP) is 1.40. The van der Waals surface area contributed by atoms with Crippen molar-refractivity contribution in [2.75, 3.05) is 31.1 Å². The second-order valence-electron chi connectivity index (χ2n) is 5.54. The van der Waals surface area contributed by atoms with Gasteiger partial charge in [-0.25, -0.2) is 13.4 Å². The van der Waals surface area contributed by atoms with Gasteiger partial charge in [-0.1, -0.05) is 6.92 Å². The van der Waals surface area contributed by atoms with Gasteiger partial charge in [-0.15, -0.1) is 24.0 Å². The van der Waals surface area contributed by atoms with Crippen LogP contribution in [0.4, 0.5) is 0 Å². The number of halogens is 1. The maximum atomic E-state index is 11.5. The molecular formula is C15H28IN3O4S. The molecule has 1 unspecified atom stereocenters. The van der Waals surface area contributed by atoms with Gasteiger partial charge in [0.05, 0.1) is 12.3 Å². The van der Waals surface area contributed by atoms with Gasteiger partial charge >= 0.3 is 0 Å². The Labute approximate surface area is 161 Å². The Kier molecular flexibility index (Phi) is 9.90. The summed E-state index contributed by atoms with van der Waals surface area (Å²) in [5, 5.41) is 16.4. The highest BCUT2D eigenvalue weighted by Crippen LogP contribution is 2.22. The van der Waals surface area contributed by atoms with Gasteiger partial charge in [-0.05, 0) is 32.9 Å². The highest BCUT2D eigenvalue weighted by molar-refractivity contribution is 14.0. The molecule has 0 fully saturated rings. The Balaban J connectivity index is 0.00000529. The smallest absolute Gasteiger partial charge is 0.191 e. The molecule has 0 aromatic carbocycles. The normalized spacial score (nSPS) is 14.6. The molecular weight excluding hydrogens is 445 g/mol. The van der Waals surface area contributed by atoms with Gasteiger partial charge in [-0.3, -0.25) is 0 Å². The number of nitrogens with one attached hydrogen (secondary N) is 2. The summed E-state index contributed by atoms with van der Waals surface area (Å²) >= 11 is 0. The zero-order valence-electron chi connectivity index (χ0n) is 14.6. The number of aryl methyl sites for hydroxylation is 1. The molecule has 7 nitrogen and oxygen atoms in total. The number of guanidine groups is 1. The SMILES string of the molecule is CCNC(=NCC(C)(O)c1ccc(C)o1)NCCS(=O)(=O)CC.I. The van der Waals surface area contributed by atoms with Gasteiger partial charge in [0.1, 0.15) is 17.1 Å².